The summed E-state index contributed by atoms with van der Waals surface area (Å²) in [6.45, 7) is 27.3. The monoisotopic (exact) mass is 1170 g/mol. The fourth-order valence-corrected chi connectivity index (χ4v) is 16.3. The lowest BCUT2D eigenvalue weighted by Gasteiger charge is -2.24. The van der Waals surface area contributed by atoms with Crippen molar-refractivity contribution in [2.24, 2.45) is 0 Å². The lowest BCUT2D eigenvalue weighted by molar-refractivity contribution is 0.242. The van der Waals surface area contributed by atoms with Gasteiger partial charge in [0.1, 0.15) is 22.5 Å². The van der Waals surface area contributed by atoms with Crippen molar-refractivity contribution in [3.05, 3.63) is 251 Å². The first-order valence-corrected chi connectivity index (χ1v) is 32.4. The molecule has 0 radical (unpaired) electrons. The van der Waals surface area contributed by atoms with Crippen LogP contribution in [-0.4, -0.2) is 21.0 Å². The summed E-state index contributed by atoms with van der Waals surface area (Å²) in [5.74, 6) is 1.80. The Morgan fingerprint density at radius 2 is 0.438 bits per heavy atom. The fourth-order valence-electron chi connectivity index (χ4n) is 15.7. The quantitative estimate of drug-likeness (QED) is 0.137. The Balaban J connectivity index is 0.653. The van der Waals surface area contributed by atoms with E-state index in [2.05, 4.69) is 289 Å². The molecule has 5 heteroatoms. The molecule has 0 atom stereocenters. The molecule has 16 rings (SSSR count). The number of hydrogen-bond acceptors (Lipinski definition) is 5. The van der Waals surface area contributed by atoms with Gasteiger partial charge in [-0.15, -0.1) is 0 Å². The number of hydrogen-bond donors (Lipinski definition) is 0. The molecular formula is C84H72N2O2S. The van der Waals surface area contributed by atoms with Crippen molar-refractivity contribution in [2.45, 2.75) is 117 Å². The van der Waals surface area contributed by atoms with E-state index in [0.717, 1.165) is 44.8 Å². The summed E-state index contributed by atoms with van der Waals surface area (Å²) < 4.78 is 22.0. The van der Waals surface area contributed by atoms with Gasteiger partial charge in [-0.3, -0.25) is 0 Å². The lowest BCUT2D eigenvalue weighted by Crippen LogP contribution is -2.15. The molecule has 0 saturated carbocycles. The zero-order valence-corrected chi connectivity index (χ0v) is 53.7. The van der Waals surface area contributed by atoms with Crippen LogP contribution < -0.4 is 9.47 Å². The van der Waals surface area contributed by atoms with Gasteiger partial charge in [-0.2, -0.15) is 8.75 Å². The molecule has 4 aliphatic rings. The van der Waals surface area contributed by atoms with E-state index in [1.165, 1.54) is 145 Å². The second-order valence-corrected chi connectivity index (χ2v) is 28.6. The van der Waals surface area contributed by atoms with E-state index in [-0.39, 0.29) is 33.9 Å². The van der Waals surface area contributed by atoms with Crippen LogP contribution in [0.2, 0.25) is 0 Å². The fraction of sp³-hybridized carbons (Fsp3) is 0.214. The molecule has 436 valence electrons. The van der Waals surface area contributed by atoms with Crippen molar-refractivity contribution >= 4 is 22.8 Å². The largest absolute Gasteiger partial charge is 0.491 e. The van der Waals surface area contributed by atoms with Crippen LogP contribution in [0, 0.1) is 0 Å². The SMILES string of the molecule is CC(C)Oc1ccc(-c2ccc3c(c2)C(C)(C)c2cc(-c4ccc5c(c4)C(C)(C)c4cc(-c6ccc(-c7ccc8c(c7)C(C)(C)c7cc(-c9ccc%10c(c9)C(C)(C)c9cc(-c%11ccc(OC(C)C)cc%11)ccc9-%10)ccc7-8)c7nsnc67)ccc4-5)ccc2-3)cc1. The van der Waals surface area contributed by atoms with Crippen LogP contribution in [0.25, 0.3) is 122 Å². The Morgan fingerprint density at radius 3 is 0.674 bits per heavy atom. The van der Waals surface area contributed by atoms with Crippen LogP contribution in [0.5, 0.6) is 11.5 Å². The van der Waals surface area contributed by atoms with Crippen molar-refractivity contribution < 1.29 is 9.47 Å². The van der Waals surface area contributed by atoms with Crippen molar-refractivity contribution in [3.63, 3.8) is 0 Å². The van der Waals surface area contributed by atoms with Crippen molar-refractivity contribution in [2.75, 3.05) is 0 Å². The summed E-state index contributed by atoms with van der Waals surface area (Å²) in [4.78, 5) is 0. The van der Waals surface area contributed by atoms with Gasteiger partial charge in [-0.1, -0.05) is 189 Å². The van der Waals surface area contributed by atoms with E-state index in [1.807, 2.05) is 0 Å². The average Bonchev–Trinajstić information content (AvgIpc) is 1.66. The minimum Gasteiger partial charge on any atom is -0.491 e. The average molecular weight is 1170 g/mol. The molecule has 89 heavy (non-hydrogen) atoms. The number of aromatic nitrogens is 2. The summed E-state index contributed by atoms with van der Waals surface area (Å²) >= 11 is 1.30. The number of nitrogens with zero attached hydrogens (tertiary/aromatic N) is 2. The van der Waals surface area contributed by atoms with Gasteiger partial charge in [0.25, 0.3) is 0 Å². The Bertz CT molecular complexity index is 4640. The smallest absolute Gasteiger partial charge is 0.119 e. The van der Waals surface area contributed by atoms with Crippen LogP contribution in [-0.2, 0) is 21.7 Å². The summed E-state index contributed by atoms with van der Waals surface area (Å²) in [5.41, 5.74) is 36.9. The van der Waals surface area contributed by atoms with Gasteiger partial charge in [0.2, 0.25) is 0 Å². The predicted octanol–water partition coefficient (Wildman–Crippen LogP) is 22.5. The van der Waals surface area contributed by atoms with Gasteiger partial charge in [0.15, 0.2) is 0 Å². The summed E-state index contributed by atoms with van der Waals surface area (Å²) in [6, 6.07) is 78.2. The normalized spacial score (nSPS) is 15.3. The number of ether oxygens (including phenoxy) is 2. The van der Waals surface area contributed by atoms with E-state index in [9.17, 15) is 0 Å². The highest BCUT2D eigenvalue weighted by Crippen LogP contribution is 2.56. The highest BCUT2D eigenvalue weighted by Gasteiger charge is 2.41. The van der Waals surface area contributed by atoms with Gasteiger partial charge in [0.05, 0.1) is 23.9 Å². The molecule has 0 fully saturated rings. The molecule has 4 aliphatic carbocycles. The van der Waals surface area contributed by atoms with E-state index in [1.54, 1.807) is 0 Å². The van der Waals surface area contributed by atoms with E-state index < -0.39 is 0 Å². The standard InChI is InChI=1S/C84H72N2O2S/c1-47(2)87-59-25-13-49(14-26-59)51-17-29-63-65-31-19-53(41-73(65)81(5,6)71(63)39-51)55-21-33-67-69-35-23-57(45-77(69)83(9,10)75(67)43-55)61-37-38-62(80-79(61)85-89-86-80)58-24-36-70-68-34-22-56(44-76(68)84(11,12)78(70)46-58)54-20-32-66-64-30-18-52(40-72(64)82(7,8)74(66)42-54)50-15-27-60(28-16-50)88-48(3)4/h13-48H,1-12H3. The van der Waals surface area contributed by atoms with Crippen molar-refractivity contribution in [3.8, 4) is 123 Å². The molecule has 0 spiro atoms. The van der Waals surface area contributed by atoms with Gasteiger partial charge in [-0.05, 0) is 245 Å². The molecule has 0 bridgehead atoms. The number of rotatable bonds is 10. The van der Waals surface area contributed by atoms with Crippen LogP contribution >= 0.6 is 11.7 Å². The number of benzene rings is 11. The van der Waals surface area contributed by atoms with Gasteiger partial charge in [-0.25, -0.2) is 0 Å². The Morgan fingerprint density at radius 1 is 0.247 bits per heavy atom. The minimum atomic E-state index is -0.221. The topological polar surface area (TPSA) is 44.2 Å². The molecule has 0 N–H and O–H groups in total. The summed E-state index contributed by atoms with van der Waals surface area (Å²) in [7, 11) is 0. The van der Waals surface area contributed by atoms with Gasteiger partial charge >= 0.3 is 0 Å². The molecular weight excluding hydrogens is 1100 g/mol. The lowest BCUT2D eigenvalue weighted by atomic mass is 9.79. The van der Waals surface area contributed by atoms with E-state index in [4.69, 9.17) is 18.2 Å². The molecule has 12 aromatic rings. The molecule has 0 unspecified atom stereocenters. The summed E-state index contributed by atoms with van der Waals surface area (Å²) in [6.07, 6.45) is 0.291. The maximum atomic E-state index is 5.95. The predicted molar refractivity (Wildman–Crippen MR) is 372 cm³/mol. The third kappa shape index (κ3) is 8.51. The molecule has 1 aromatic heterocycles. The first kappa shape index (κ1) is 55.2. The van der Waals surface area contributed by atoms with Crippen LogP contribution in [0.15, 0.2) is 206 Å². The third-order valence-electron chi connectivity index (χ3n) is 20.5. The second kappa shape index (κ2) is 19.7. The van der Waals surface area contributed by atoms with Crippen molar-refractivity contribution in [1.29, 1.82) is 0 Å². The van der Waals surface area contributed by atoms with Crippen LogP contribution in [0.1, 0.15) is 128 Å². The molecule has 0 saturated heterocycles. The third-order valence-corrected chi connectivity index (χ3v) is 21.1. The highest BCUT2D eigenvalue weighted by molar-refractivity contribution is 7.00. The maximum Gasteiger partial charge on any atom is 0.119 e. The Hall–Kier alpha value is -9.16. The molecule has 0 amide bonds. The zero-order chi connectivity index (χ0) is 61.2. The van der Waals surface area contributed by atoms with Crippen LogP contribution in [0.4, 0.5) is 0 Å². The Kier molecular flexibility index (Phi) is 12.2. The molecule has 4 nitrogen and oxygen atoms in total. The number of fused-ring (bicyclic) bond motifs is 13. The van der Waals surface area contributed by atoms with Gasteiger partial charge < -0.3 is 9.47 Å². The summed E-state index contributed by atoms with van der Waals surface area (Å²) in [5, 5.41) is 0. The Labute approximate surface area is 528 Å². The molecule has 0 aliphatic heterocycles. The zero-order valence-electron chi connectivity index (χ0n) is 52.9. The first-order valence-electron chi connectivity index (χ1n) is 31.7. The maximum absolute atomic E-state index is 5.95. The highest BCUT2D eigenvalue weighted by atomic mass is 32.1. The minimum absolute atomic E-state index is 0.145. The van der Waals surface area contributed by atoms with Crippen LogP contribution in [0.3, 0.4) is 0 Å². The van der Waals surface area contributed by atoms with Gasteiger partial charge in [0, 0.05) is 32.8 Å². The van der Waals surface area contributed by atoms with E-state index in [0.29, 0.717) is 0 Å². The molecule has 11 aromatic carbocycles. The van der Waals surface area contributed by atoms with Crippen molar-refractivity contribution in [1.82, 2.24) is 8.75 Å². The first-order chi connectivity index (χ1) is 42.7. The van der Waals surface area contributed by atoms with E-state index >= 15 is 0 Å². The molecule has 1 heterocycles. The second-order valence-electron chi connectivity index (χ2n) is 28.1.